The number of aromatic nitrogens is 1. The predicted molar refractivity (Wildman–Crippen MR) is 53.3 cm³/mol. The van der Waals surface area contributed by atoms with Crippen molar-refractivity contribution in [3.05, 3.63) is 23.9 Å². The number of anilines is 1. The Kier molecular flexibility index (Phi) is 2.19. The molecule has 2 N–H and O–H groups in total. The number of likely N-dealkylation sites (tertiary alicyclic amines) is 1. The molecule has 70 valence electrons. The van der Waals surface area contributed by atoms with Crippen LogP contribution in [0.2, 0.25) is 0 Å². The van der Waals surface area contributed by atoms with Crippen molar-refractivity contribution in [2.45, 2.75) is 18.9 Å². The number of pyridine rings is 1. The van der Waals surface area contributed by atoms with Crippen LogP contribution < -0.4 is 5.73 Å². The van der Waals surface area contributed by atoms with E-state index in [1.807, 2.05) is 6.07 Å². The summed E-state index contributed by atoms with van der Waals surface area (Å²) in [6, 6.07) is 4.51. The quantitative estimate of drug-likeness (QED) is 0.705. The van der Waals surface area contributed by atoms with Crippen LogP contribution in [-0.2, 0) is 0 Å². The van der Waals surface area contributed by atoms with Crippen LogP contribution in [0.3, 0.4) is 0 Å². The minimum Gasteiger partial charge on any atom is -0.383 e. The fourth-order valence-corrected chi connectivity index (χ4v) is 2.01. The van der Waals surface area contributed by atoms with E-state index in [0.29, 0.717) is 11.9 Å². The third kappa shape index (κ3) is 1.52. The first-order chi connectivity index (χ1) is 6.29. The highest BCUT2D eigenvalue weighted by Crippen LogP contribution is 2.32. The Morgan fingerprint density at radius 2 is 2.46 bits per heavy atom. The third-order valence-electron chi connectivity index (χ3n) is 2.75. The van der Waals surface area contributed by atoms with E-state index in [1.165, 1.54) is 24.9 Å². The zero-order valence-electron chi connectivity index (χ0n) is 7.90. The van der Waals surface area contributed by atoms with Crippen LogP contribution in [0, 0.1) is 0 Å². The molecule has 1 fully saturated rings. The SMILES string of the molecule is CN1CCC[C@@H]1c1cccnc1N. The van der Waals surface area contributed by atoms with Gasteiger partial charge in [-0.25, -0.2) is 4.98 Å². The highest BCUT2D eigenvalue weighted by molar-refractivity contribution is 5.41. The Morgan fingerprint density at radius 1 is 1.62 bits per heavy atom. The lowest BCUT2D eigenvalue weighted by Crippen LogP contribution is -2.18. The highest BCUT2D eigenvalue weighted by Gasteiger charge is 2.24. The van der Waals surface area contributed by atoms with Crippen molar-refractivity contribution in [1.82, 2.24) is 9.88 Å². The molecule has 1 saturated heterocycles. The van der Waals surface area contributed by atoms with Crippen molar-refractivity contribution in [3.63, 3.8) is 0 Å². The van der Waals surface area contributed by atoms with E-state index in [-0.39, 0.29) is 0 Å². The van der Waals surface area contributed by atoms with Crippen molar-refractivity contribution in [2.24, 2.45) is 0 Å². The van der Waals surface area contributed by atoms with E-state index in [1.54, 1.807) is 6.20 Å². The van der Waals surface area contributed by atoms with Gasteiger partial charge < -0.3 is 5.73 Å². The minimum absolute atomic E-state index is 0.480. The molecule has 1 aliphatic rings. The molecule has 0 aliphatic carbocycles. The number of hydrogen-bond acceptors (Lipinski definition) is 3. The van der Waals surface area contributed by atoms with E-state index >= 15 is 0 Å². The van der Waals surface area contributed by atoms with Crippen molar-refractivity contribution >= 4 is 5.82 Å². The van der Waals surface area contributed by atoms with Gasteiger partial charge in [-0.2, -0.15) is 0 Å². The maximum Gasteiger partial charge on any atom is 0.128 e. The molecule has 0 saturated carbocycles. The zero-order valence-corrected chi connectivity index (χ0v) is 7.90. The summed E-state index contributed by atoms with van der Waals surface area (Å²) in [4.78, 5) is 6.45. The lowest BCUT2D eigenvalue weighted by Gasteiger charge is -2.20. The first kappa shape index (κ1) is 8.51. The molecule has 0 radical (unpaired) electrons. The van der Waals surface area contributed by atoms with Crippen molar-refractivity contribution in [3.8, 4) is 0 Å². The van der Waals surface area contributed by atoms with E-state index in [4.69, 9.17) is 5.73 Å². The highest BCUT2D eigenvalue weighted by atomic mass is 15.1. The Bertz CT molecular complexity index is 298. The van der Waals surface area contributed by atoms with E-state index in [0.717, 1.165) is 0 Å². The number of nitrogen functional groups attached to an aromatic ring is 1. The molecule has 1 aliphatic heterocycles. The Labute approximate surface area is 78.6 Å². The van der Waals surface area contributed by atoms with Crippen LogP contribution in [0.5, 0.6) is 0 Å². The summed E-state index contributed by atoms with van der Waals surface area (Å²) in [6.07, 6.45) is 4.20. The van der Waals surface area contributed by atoms with Crippen molar-refractivity contribution < 1.29 is 0 Å². The van der Waals surface area contributed by atoms with Gasteiger partial charge in [-0.15, -0.1) is 0 Å². The van der Waals surface area contributed by atoms with Crippen molar-refractivity contribution in [2.75, 3.05) is 19.3 Å². The van der Waals surface area contributed by atoms with Crippen LogP contribution in [0.15, 0.2) is 18.3 Å². The minimum atomic E-state index is 0.480. The normalized spacial score (nSPS) is 23.6. The first-order valence-corrected chi connectivity index (χ1v) is 4.69. The molecule has 0 amide bonds. The van der Waals surface area contributed by atoms with Gasteiger partial charge in [-0.05, 0) is 32.5 Å². The van der Waals surface area contributed by atoms with Gasteiger partial charge in [-0.1, -0.05) is 6.07 Å². The van der Waals surface area contributed by atoms with E-state index < -0.39 is 0 Å². The summed E-state index contributed by atoms with van der Waals surface area (Å²) in [5.41, 5.74) is 7.01. The molecule has 13 heavy (non-hydrogen) atoms. The lowest BCUT2D eigenvalue weighted by atomic mass is 10.1. The number of hydrogen-bond donors (Lipinski definition) is 1. The first-order valence-electron chi connectivity index (χ1n) is 4.69. The van der Waals surface area contributed by atoms with Gasteiger partial charge in [0, 0.05) is 17.8 Å². The van der Waals surface area contributed by atoms with Crippen molar-refractivity contribution in [1.29, 1.82) is 0 Å². The van der Waals surface area contributed by atoms with Crippen LogP contribution >= 0.6 is 0 Å². The molecular formula is C10H15N3. The summed E-state index contributed by atoms with van der Waals surface area (Å²) < 4.78 is 0. The molecule has 1 aromatic heterocycles. The predicted octanol–water partition coefficient (Wildman–Crippen LogP) is 1.43. The topological polar surface area (TPSA) is 42.2 Å². The molecule has 3 heteroatoms. The second-order valence-corrected chi connectivity index (χ2v) is 3.62. The van der Waals surface area contributed by atoms with E-state index in [2.05, 4.69) is 23.0 Å². The Hall–Kier alpha value is -1.09. The second-order valence-electron chi connectivity index (χ2n) is 3.62. The Morgan fingerprint density at radius 3 is 3.08 bits per heavy atom. The maximum atomic E-state index is 5.82. The van der Waals surface area contributed by atoms with Crippen LogP contribution in [0.25, 0.3) is 0 Å². The third-order valence-corrected chi connectivity index (χ3v) is 2.75. The lowest BCUT2D eigenvalue weighted by molar-refractivity contribution is 0.318. The van der Waals surface area contributed by atoms with Gasteiger partial charge in [0.15, 0.2) is 0 Å². The largest absolute Gasteiger partial charge is 0.383 e. The molecule has 1 aromatic rings. The van der Waals surface area contributed by atoms with Gasteiger partial charge in [0.1, 0.15) is 5.82 Å². The fourth-order valence-electron chi connectivity index (χ4n) is 2.01. The molecule has 2 heterocycles. The summed E-state index contributed by atoms with van der Waals surface area (Å²) in [5, 5.41) is 0. The van der Waals surface area contributed by atoms with Crippen LogP contribution in [-0.4, -0.2) is 23.5 Å². The molecule has 0 unspecified atom stereocenters. The van der Waals surface area contributed by atoms with Crippen LogP contribution in [0.1, 0.15) is 24.4 Å². The monoisotopic (exact) mass is 177 g/mol. The van der Waals surface area contributed by atoms with E-state index in [9.17, 15) is 0 Å². The number of rotatable bonds is 1. The number of nitrogens with zero attached hydrogens (tertiary/aromatic N) is 2. The molecule has 2 rings (SSSR count). The van der Waals surface area contributed by atoms with Gasteiger partial charge >= 0.3 is 0 Å². The second kappa shape index (κ2) is 3.34. The summed E-state index contributed by atoms with van der Waals surface area (Å²) in [7, 11) is 2.14. The molecule has 0 bridgehead atoms. The maximum absolute atomic E-state index is 5.82. The fraction of sp³-hybridized carbons (Fsp3) is 0.500. The smallest absolute Gasteiger partial charge is 0.128 e. The standard InChI is InChI=1S/C10H15N3/c1-13-7-3-5-9(13)8-4-2-6-12-10(8)11/h2,4,6,9H,3,5,7H2,1H3,(H2,11,12)/t9-/m1/s1. The molecule has 1 atom stereocenters. The van der Waals surface area contributed by atoms with Gasteiger partial charge in [-0.3, -0.25) is 4.90 Å². The molecule has 3 nitrogen and oxygen atoms in total. The molecular weight excluding hydrogens is 162 g/mol. The average molecular weight is 177 g/mol. The number of nitrogens with two attached hydrogens (primary N) is 1. The van der Waals surface area contributed by atoms with Gasteiger partial charge in [0.25, 0.3) is 0 Å². The summed E-state index contributed by atoms with van der Waals surface area (Å²) in [6.45, 7) is 1.17. The van der Waals surface area contributed by atoms with Crippen LogP contribution in [0.4, 0.5) is 5.82 Å². The van der Waals surface area contributed by atoms with Gasteiger partial charge in [0.2, 0.25) is 0 Å². The summed E-state index contributed by atoms with van der Waals surface area (Å²) in [5.74, 6) is 0.682. The molecule has 0 aromatic carbocycles. The Balaban J connectivity index is 2.29. The summed E-state index contributed by atoms with van der Waals surface area (Å²) >= 11 is 0. The molecule has 0 spiro atoms. The zero-order chi connectivity index (χ0) is 9.26. The average Bonchev–Trinajstić information content (AvgIpc) is 2.52. The van der Waals surface area contributed by atoms with Gasteiger partial charge in [0.05, 0.1) is 0 Å².